The average Bonchev–Trinajstić information content (AvgIpc) is 2.72. The number of esters is 1. The number of ether oxygens (including phenoxy) is 1. The first-order valence-corrected chi connectivity index (χ1v) is 8.74. The number of amides is 1. The Morgan fingerprint density at radius 3 is 2.71 bits per heavy atom. The Hall–Kier alpha value is -3.45. The SMILES string of the molecule is COC(=O)c1cccc(Nc2nccc(C(=O)NCc3ccccc3Cl)n2)c1. The molecule has 2 N–H and O–H groups in total. The lowest BCUT2D eigenvalue weighted by atomic mass is 10.2. The smallest absolute Gasteiger partial charge is 0.337 e. The maximum absolute atomic E-state index is 12.4. The molecule has 1 amide bonds. The van der Waals surface area contributed by atoms with Gasteiger partial charge in [0.15, 0.2) is 0 Å². The van der Waals surface area contributed by atoms with Gasteiger partial charge in [-0.1, -0.05) is 35.9 Å². The van der Waals surface area contributed by atoms with Gasteiger partial charge in [0.25, 0.3) is 5.91 Å². The number of benzene rings is 2. The van der Waals surface area contributed by atoms with Crippen molar-refractivity contribution >= 4 is 35.1 Å². The molecule has 28 heavy (non-hydrogen) atoms. The summed E-state index contributed by atoms with van der Waals surface area (Å²) in [7, 11) is 1.32. The van der Waals surface area contributed by atoms with Crippen LogP contribution in [0.3, 0.4) is 0 Å². The van der Waals surface area contributed by atoms with E-state index in [1.807, 2.05) is 18.2 Å². The third-order valence-corrected chi connectivity index (χ3v) is 4.19. The molecule has 0 radical (unpaired) electrons. The number of hydrogen-bond acceptors (Lipinski definition) is 6. The Bertz CT molecular complexity index is 1010. The Kier molecular flexibility index (Phi) is 6.18. The third kappa shape index (κ3) is 4.83. The molecular formula is C20H17ClN4O3. The van der Waals surface area contributed by atoms with Crippen molar-refractivity contribution in [2.24, 2.45) is 0 Å². The zero-order chi connectivity index (χ0) is 19.9. The first-order valence-electron chi connectivity index (χ1n) is 8.37. The number of methoxy groups -OCH3 is 1. The summed E-state index contributed by atoms with van der Waals surface area (Å²) in [5.41, 5.74) is 2.00. The largest absolute Gasteiger partial charge is 0.465 e. The maximum Gasteiger partial charge on any atom is 0.337 e. The molecule has 0 aliphatic rings. The highest BCUT2D eigenvalue weighted by molar-refractivity contribution is 6.31. The van der Waals surface area contributed by atoms with E-state index in [0.29, 0.717) is 16.3 Å². The van der Waals surface area contributed by atoms with Gasteiger partial charge in [0.05, 0.1) is 12.7 Å². The molecule has 1 heterocycles. The van der Waals surface area contributed by atoms with E-state index in [4.69, 9.17) is 16.3 Å². The maximum atomic E-state index is 12.4. The number of aromatic nitrogens is 2. The number of nitrogens with one attached hydrogen (secondary N) is 2. The van der Waals surface area contributed by atoms with Gasteiger partial charge in [-0.2, -0.15) is 0 Å². The molecule has 1 aromatic heterocycles. The van der Waals surface area contributed by atoms with Crippen molar-refractivity contribution in [2.45, 2.75) is 6.54 Å². The molecule has 3 aromatic rings. The van der Waals surface area contributed by atoms with Gasteiger partial charge in [0.2, 0.25) is 5.95 Å². The van der Waals surface area contributed by atoms with Crippen molar-refractivity contribution in [3.63, 3.8) is 0 Å². The number of hydrogen-bond donors (Lipinski definition) is 2. The second-order valence-electron chi connectivity index (χ2n) is 5.74. The van der Waals surface area contributed by atoms with Gasteiger partial charge in [-0.05, 0) is 35.9 Å². The Balaban J connectivity index is 1.69. The van der Waals surface area contributed by atoms with Crippen molar-refractivity contribution in [2.75, 3.05) is 12.4 Å². The highest BCUT2D eigenvalue weighted by Gasteiger charge is 2.11. The van der Waals surface area contributed by atoms with E-state index in [1.165, 1.54) is 19.4 Å². The van der Waals surface area contributed by atoms with Crippen LogP contribution in [0.5, 0.6) is 0 Å². The first kappa shape index (κ1) is 19.3. The van der Waals surface area contributed by atoms with Gasteiger partial charge in [0.1, 0.15) is 5.69 Å². The highest BCUT2D eigenvalue weighted by Crippen LogP contribution is 2.16. The molecule has 0 unspecified atom stereocenters. The van der Waals surface area contributed by atoms with Crippen molar-refractivity contribution in [3.05, 3.63) is 82.6 Å². The highest BCUT2D eigenvalue weighted by atomic mass is 35.5. The van der Waals surface area contributed by atoms with Crippen LogP contribution in [-0.2, 0) is 11.3 Å². The predicted octanol–water partition coefficient (Wildman–Crippen LogP) is 3.59. The molecule has 0 bridgehead atoms. The number of rotatable bonds is 6. The standard InChI is InChI=1S/C20H17ClN4O3/c1-28-19(27)13-6-4-7-15(11-13)24-20-22-10-9-17(25-20)18(26)23-12-14-5-2-3-8-16(14)21/h2-11H,12H2,1H3,(H,23,26)(H,22,24,25). The van der Waals surface area contributed by atoms with Gasteiger partial charge >= 0.3 is 5.97 Å². The molecule has 0 aliphatic carbocycles. The molecular weight excluding hydrogens is 380 g/mol. The normalized spacial score (nSPS) is 10.2. The van der Waals surface area contributed by atoms with E-state index < -0.39 is 5.97 Å². The number of carbonyl (C=O) groups excluding carboxylic acids is 2. The summed E-state index contributed by atoms with van der Waals surface area (Å²) in [5, 5.41) is 6.33. The lowest BCUT2D eigenvalue weighted by molar-refractivity contribution is 0.0600. The second-order valence-corrected chi connectivity index (χ2v) is 6.14. The Labute approximate surface area is 166 Å². The molecule has 0 atom stereocenters. The zero-order valence-corrected chi connectivity index (χ0v) is 15.7. The second kappa shape index (κ2) is 8.96. The topological polar surface area (TPSA) is 93.2 Å². The number of nitrogens with zero attached hydrogens (tertiary/aromatic N) is 2. The zero-order valence-electron chi connectivity index (χ0n) is 15.0. The van der Waals surface area contributed by atoms with Crippen molar-refractivity contribution < 1.29 is 14.3 Å². The van der Waals surface area contributed by atoms with E-state index in [1.54, 1.807) is 30.3 Å². The van der Waals surface area contributed by atoms with Crippen LogP contribution in [0, 0.1) is 0 Å². The minimum Gasteiger partial charge on any atom is -0.465 e. The average molecular weight is 397 g/mol. The Morgan fingerprint density at radius 1 is 1.11 bits per heavy atom. The van der Waals surface area contributed by atoms with E-state index in [2.05, 4.69) is 20.6 Å². The summed E-state index contributed by atoms with van der Waals surface area (Å²) in [6.45, 7) is 0.284. The van der Waals surface area contributed by atoms with Gasteiger partial charge in [-0.25, -0.2) is 14.8 Å². The van der Waals surface area contributed by atoms with E-state index in [0.717, 1.165) is 5.56 Å². The van der Waals surface area contributed by atoms with E-state index >= 15 is 0 Å². The van der Waals surface area contributed by atoms with Crippen molar-refractivity contribution in [1.29, 1.82) is 0 Å². The fraction of sp³-hybridized carbons (Fsp3) is 0.100. The summed E-state index contributed by atoms with van der Waals surface area (Å²) in [5.74, 6) is -0.571. The van der Waals surface area contributed by atoms with Crippen molar-refractivity contribution in [3.8, 4) is 0 Å². The summed E-state index contributed by atoms with van der Waals surface area (Å²) in [6, 6.07) is 15.5. The van der Waals surface area contributed by atoms with Gasteiger partial charge in [-0.3, -0.25) is 4.79 Å². The quantitative estimate of drug-likeness (QED) is 0.618. The minimum atomic E-state index is -0.447. The van der Waals surface area contributed by atoms with Crippen LogP contribution in [0.25, 0.3) is 0 Å². The number of carbonyl (C=O) groups is 2. The molecule has 0 saturated carbocycles. The fourth-order valence-electron chi connectivity index (χ4n) is 2.42. The third-order valence-electron chi connectivity index (χ3n) is 3.83. The number of halogens is 1. The summed E-state index contributed by atoms with van der Waals surface area (Å²) in [6.07, 6.45) is 1.48. The lowest BCUT2D eigenvalue weighted by Crippen LogP contribution is -2.24. The van der Waals surface area contributed by atoms with Crippen LogP contribution >= 0.6 is 11.6 Å². The molecule has 3 rings (SSSR count). The van der Waals surface area contributed by atoms with Crippen LogP contribution in [0.4, 0.5) is 11.6 Å². The fourth-order valence-corrected chi connectivity index (χ4v) is 2.63. The molecule has 0 spiro atoms. The van der Waals surface area contributed by atoms with Crippen LogP contribution in [0.2, 0.25) is 5.02 Å². The van der Waals surface area contributed by atoms with Gasteiger partial charge in [0, 0.05) is 23.5 Å². The van der Waals surface area contributed by atoms with Crippen LogP contribution < -0.4 is 10.6 Å². The molecule has 0 aliphatic heterocycles. The van der Waals surface area contributed by atoms with Gasteiger partial charge in [-0.15, -0.1) is 0 Å². The molecule has 0 fully saturated rings. The molecule has 0 saturated heterocycles. The summed E-state index contributed by atoms with van der Waals surface area (Å²) < 4.78 is 4.70. The van der Waals surface area contributed by atoms with Crippen molar-refractivity contribution in [1.82, 2.24) is 15.3 Å². The molecule has 8 heteroatoms. The molecule has 7 nitrogen and oxygen atoms in total. The minimum absolute atomic E-state index is 0.202. The summed E-state index contributed by atoms with van der Waals surface area (Å²) in [4.78, 5) is 32.3. The number of anilines is 2. The van der Waals surface area contributed by atoms with E-state index in [9.17, 15) is 9.59 Å². The van der Waals surface area contributed by atoms with Crippen LogP contribution in [-0.4, -0.2) is 29.0 Å². The monoisotopic (exact) mass is 396 g/mol. The lowest BCUT2D eigenvalue weighted by Gasteiger charge is -2.09. The van der Waals surface area contributed by atoms with Gasteiger partial charge < -0.3 is 15.4 Å². The molecule has 2 aromatic carbocycles. The predicted molar refractivity (Wildman–Crippen MR) is 106 cm³/mol. The first-order chi connectivity index (χ1) is 13.6. The van der Waals surface area contributed by atoms with Crippen LogP contribution in [0.15, 0.2) is 60.8 Å². The molecule has 142 valence electrons. The van der Waals surface area contributed by atoms with Crippen LogP contribution in [0.1, 0.15) is 26.4 Å². The Morgan fingerprint density at radius 2 is 1.93 bits per heavy atom. The summed E-state index contributed by atoms with van der Waals surface area (Å²) >= 11 is 6.09. The van der Waals surface area contributed by atoms with E-state index in [-0.39, 0.29) is 24.1 Å².